The lowest BCUT2D eigenvalue weighted by atomic mass is 10.2. The minimum Gasteiger partial charge on any atom is -0.287 e. The number of aryl methyl sites for hydroxylation is 1. The van der Waals surface area contributed by atoms with E-state index < -0.39 is 10.5 Å². The Hall–Kier alpha value is -2.11. The molecule has 0 aliphatic heterocycles. The summed E-state index contributed by atoms with van der Waals surface area (Å²) in [5, 5.41) is 13.2. The van der Waals surface area contributed by atoms with Crippen molar-refractivity contribution in [2.45, 2.75) is 0 Å². The number of H-pyrrole nitrogens is 1. The smallest absolute Gasteiger partial charge is 0.284 e. The van der Waals surface area contributed by atoms with Gasteiger partial charge in [0.2, 0.25) is 0 Å². The number of hydrogen-bond donors (Lipinski definition) is 1. The molecule has 6 nitrogen and oxygen atoms in total. The number of aromatic nitrogens is 2. The normalized spacial score (nSPS) is 10.6. The molecule has 1 aromatic heterocycles. The lowest BCUT2D eigenvalue weighted by Crippen LogP contribution is -2.02. The van der Waals surface area contributed by atoms with Crippen LogP contribution in [0.15, 0.2) is 23.0 Å². The number of rotatable bonds is 1. The Morgan fingerprint density at radius 1 is 1.50 bits per heavy atom. The Labute approximate surface area is 77.9 Å². The number of benzene rings is 1. The van der Waals surface area contributed by atoms with Gasteiger partial charge in [-0.25, -0.2) is 0 Å². The predicted molar refractivity (Wildman–Crippen MR) is 50.2 cm³/mol. The zero-order valence-corrected chi connectivity index (χ0v) is 7.35. The molecule has 14 heavy (non-hydrogen) atoms. The molecule has 0 spiro atoms. The third kappa shape index (κ3) is 1.00. The first kappa shape index (κ1) is 8.49. The predicted octanol–water partition coefficient (Wildman–Crippen LogP) is 0.775. The Balaban J connectivity index is 3.00. The number of nitro groups is 1. The summed E-state index contributed by atoms with van der Waals surface area (Å²) < 4.78 is 1.46. The number of fused-ring (bicyclic) bond motifs is 1. The quantitative estimate of drug-likeness (QED) is 0.536. The van der Waals surface area contributed by atoms with Crippen LogP contribution >= 0.6 is 0 Å². The monoisotopic (exact) mass is 193 g/mol. The molecule has 2 aromatic rings. The van der Waals surface area contributed by atoms with Crippen LogP contribution < -0.4 is 5.56 Å². The Bertz CT molecular complexity index is 567. The first-order chi connectivity index (χ1) is 6.61. The summed E-state index contributed by atoms with van der Waals surface area (Å²) in [5.74, 6) is 0. The second-order valence-electron chi connectivity index (χ2n) is 2.93. The van der Waals surface area contributed by atoms with E-state index in [1.165, 1.54) is 10.7 Å². The maximum Gasteiger partial charge on any atom is 0.284 e. The standard InChI is InChI=1S/C8H7N3O3/c1-10-5-3-2-4-6(11(13)14)7(5)8(12)9-10/h2-4H,1H3,(H,9,12). The van der Waals surface area contributed by atoms with Gasteiger partial charge >= 0.3 is 0 Å². The van der Waals surface area contributed by atoms with Gasteiger partial charge in [0, 0.05) is 13.1 Å². The highest BCUT2D eigenvalue weighted by Gasteiger charge is 2.16. The van der Waals surface area contributed by atoms with E-state index in [0.717, 1.165) is 0 Å². The highest BCUT2D eigenvalue weighted by molar-refractivity contribution is 5.87. The highest BCUT2D eigenvalue weighted by Crippen LogP contribution is 2.20. The van der Waals surface area contributed by atoms with E-state index in [1.807, 2.05) is 0 Å². The van der Waals surface area contributed by atoms with E-state index in [1.54, 1.807) is 19.2 Å². The molecule has 1 heterocycles. The average Bonchev–Trinajstić information content (AvgIpc) is 2.43. The molecule has 0 unspecified atom stereocenters. The Morgan fingerprint density at radius 2 is 2.21 bits per heavy atom. The average molecular weight is 193 g/mol. The molecule has 0 bridgehead atoms. The van der Waals surface area contributed by atoms with Crippen molar-refractivity contribution in [3.05, 3.63) is 38.7 Å². The minimum atomic E-state index is -0.558. The van der Waals surface area contributed by atoms with Gasteiger partial charge in [-0.05, 0) is 6.07 Å². The number of nitrogens with zero attached hydrogens (tertiary/aromatic N) is 2. The van der Waals surface area contributed by atoms with Gasteiger partial charge < -0.3 is 0 Å². The van der Waals surface area contributed by atoms with Gasteiger partial charge in [0.25, 0.3) is 11.2 Å². The summed E-state index contributed by atoms with van der Waals surface area (Å²) in [7, 11) is 1.63. The topological polar surface area (TPSA) is 80.9 Å². The molecule has 0 atom stereocenters. The molecule has 72 valence electrons. The molecule has 1 N–H and O–H groups in total. The molecule has 0 aliphatic rings. The van der Waals surface area contributed by atoms with Crippen LogP contribution in [-0.2, 0) is 7.05 Å². The molecular formula is C8H7N3O3. The number of nitro benzene ring substituents is 1. The van der Waals surface area contributed by atoms with Gasteiger partial charge in [0.1, 0.15) is 5.39 Å². The SMILES string of the molecule is Cn1[nH]c(=O)c2c([N+](=O)[O-])cccc21. The van der Waals surface area contributed by atoms with Crippen LogP contribution in [0.25, 0.3) is 10.9 Å². The lowest BCUT2D eigenvalue weighted by Gasteiger charge is -1.93. The van der Waals surface area contributed by atoms with Crippen molar-refractivity contribution < 1.29 is 4.92 Å². The number of aromatic amines is 1. The van der Waals surface area contributed by atoms with Gasteiger partial charge in [-0.1, -0.05) is 6.07 Å². The third-order valence-electron chi connectivity index (χ3n) is 2.07. The van der Waals surface area contributed by atoms with E-state index >= 15 is 0 Å². The number of non-ortho nitro benzene ring substituents is 1. The van der Waals surface area contributed by atoms with Crippen molar-refractivity contribution in [2.24, 2.45) is 7.05 Å². The fourth-order valence-electron chi connectivity index (χ4n) is 1.46. The summed E-state index contributed by atoms with van der Waals surface area (Å²) in [4.78, 5) is 21.4. The van der Waals surface area contributed by atoms with E-state index in [4.69, 9.17) is 0 Å². The molecule has 0 saturated heterocycles. The van der Waals surface area contributed by atoms with E-state index in [0.29, 0.717) is 5.52 Å². The minimum absolute atomic E-state index is 0.125. The number of nitrogens with one attached hydrogen (secondary N) is 1. The van der Waals surface area contributed by atoms with Crippen molar-refractivity contribution in [1.29, 1.82) is 0 Å². The van der Waals surface area contributed by atoms with Crippen molar-refractivity contribution in [3.8, 4) is 0 Å². The summed E-state index contributed by atoms with van der Waals surface area (Å²) in [5.41, 5.74) is -0.0663. The summed E-state index contributed by atoms with van der Waals surface area (Å²) in [6.45, 7) is 0. The van der Waals surface area contributed by atoms with Gasteiger partial charge in [0.15, 0.2) is 0 Å². The van der Waals surface area contributed by atoms with Gasteiger partial charge in [-0.15, -0.1) is 0 Å². The first-order valence-corrected chi connectivity index (χ1v) is 3.93. The Kier molecular flexibility index (Phi) is 1.63. The lowest BCUT2D eigenvalue weighted by molar-refractivity contribution is -0.383. The van der Waals surface area contributed by atoms with Crippen LogP contribution in [0.2, 0.25) is 0 Å². The van der Waals surface area contributed by atoms with Crippen molar-refractivity contribution in [2.75, 3.05) is 0 Å². The van der Waals surface area contributed by atoms with Gasteiger partial charge in [-0.2, -0.15) is 0 Å². The fraction of sp³-hybridized carbons (Fsp3) is 0.125. The molecule has 2 rings (SSSR count). The molecule has 0 aliphatic carbocycles. The highest BCUT2D eigenvalue weighted by atomic mass is 16.6. The van der Waals surface area contributed by atoms with Crippen molar-refractivity contribution in [1.82, 2.24) is 9.78 Å². The second-order valence-corrected chi connectivity index (χ2v) is 2.93. The molecule has 0 radical (unpaired) electrons. The van der Waals surface area contributed by atoms with Crippen LogP contribution in [-0.4, -0.2) is 14.7 Å². The molecular weight excluding hydrogens is 186 g/mol. The van der Waals surface area contributed by atoms with Crippen LogP contribution in [0.1, 0.15) is 0 Å². The van der Waals surface area contributed by atoms with Crippen LogP contribution in [0.3, 0.4) is 0 Å². The zero-order chi connectivity index (χ0) is 10.3. The third-order valence-corrected chi connectivity index (χ3v) is 2.07. The Morgan fingerprint density at radius 3 is 2.86 bits per heavy atom. The number of hydrogen-bond acceptors (Lipinski definition) is 3. The maximum atomic E-state index is 11.3. The largest absolute Gasteiger partial charge is 0.287 e. The van der Waals surface area contributed by atoms with Crippen LogP contribution in [0, 0.1) is 10.1 Å². The molecule has 0 fully saturated rings. The summed E-state index contributed by atoms with van der Waals surface area (Å²) in [6.07, 6.45) is 0. The van der Waals surface area contributed by atoms with Crippen molar-refractivity contribution in [3.63, 3.8) is 0 Å². The fourth-order valence-corrected chi connectivity index (χ4v) is 1.46. The zero-order valence-electron chi connectivity index (χ0n) is 7.35. The first-order valence-electron chi connectivity index (χ1n) is 3.93. The summed E-state index contributed by atoms with van der Waals surface area (Å²) in [6, 6.07) is 4.52. The summed E-state index contributed by atoms with van der Waals surface area (Å²) >= 11 is 0. The molecule has 0 saturated carbocycles. The maximum absolute atomic E-state index is 11.3. The van der Waals surface area contributed by atoms with Crippen molar-refractivity contribution >= 4 is 16.6 Å². The molecule has 6 heteroatoms. The van der Waals surface area contributed by atoms with Gasteiger partial charge in [0.05, 0.1) is 10.4 Å². The molecule has 0 amide bonds. The van der Waals surface area contributed by atoms with E-state index in [2.05, 4.69) is 5.10 Å². The van der Waals surface area contributed by atoms with Gasteiger partial charge in [-0.3, -0.25) is 24.7 Å². The van der Waals surface area contributed by atoms with E-state index in [-0.39, 0.29) is 11.1 Å². The molecule has 1 aromatic carbocycles. The van der Waals surface area contributed by atoms with Crippen LogP contribution in [0.5, 0.6) is 0 Å². The van der Waals surface area contributed by atoms with Crippen LogP contribution in [0.4, 0.5) is 5.69 Å². The second kappa shape index (κ2) is 2.69. The van der Waals surface area contributed by atoms with E-state index in [9.17, 15) is 14.9 Å².